The van der Waals surface area contributed by atoms with Crippen LogP contribution >= 0.6 is 11.3 Å². The zero-order valence-electron chi connectivity index (χ0n) is 50.1. The van der Waals surface area contributed by atoms with E-state index in [4.69, 9.17) is 14.7 Å². The monoisotopic (exact) mass is 1190 g/mol. The van der Waals surface area contributed by atoms with Crippen LogP contribution in [0, 0.1) is 35.8 Å². The molecular formula is C65H80F2N12O6S. The minimum atomic E-state index is -0.977. The Balaban J connectivity index is 0.641. The van der Waals surface area contributed by atoms with Crippen LogP contribution in [0.1, 0.15) is 139 Å². The maximum absolute atomic E-state index is 17.2. The van der Waals surface area contributed by atoms with E-state index in [1.54, 1.807) is 35.1 Å². The smallest absolute Gasteiger partial charge is 0.319 e. The second kappa shape index (κ2) is 24.4. The van der Waals surface area contributed by atoms with E-state index in [2.05, 4.69) is 35.8 Å². The highest BCUT2D eigenvalue weighted by Gasteiger charge is 2.47. The predicted molar refractivity (Wildman–Crippen MR) is 327 cm³/mol. The molecule has 3 aromatic carbocycles. The number of likely N-dealkylation sites (tertiary alicyclic amines) is 2. The minimum Gasteiger partial charge on any atom is -0.508 e. The first-order valence-corrected chi connectivity index (χ1v) is 31.8. The number of nitrogens with one attached hydrogen (secondary N) is 2. The number of hydrogen-bond acceptors (Lipinski definition) is 16. The van der Waals surface area contributed by atoms with E-state index in [0.29, 0.717) is 71.9 Å². The zero-order chi connectivity index (χ0) is 60.2. The van der Waals surface area contributed by atoms with Crippen LogP contribution in [0.4, 0.5) is 14.6 Å². The molecule has 456 valence electrons. The van der Waals surface area contributed by atoms with Crippen molar-refractivity contribution in [2.45, 2.75) is 154 Å². The summed E-state index contributed by atoms with van der Waals surface area (Å²) in [7, 11) is 0. The lowest BCUT2D eigenvalue weighted by atomic mass is 9.85. The number of phenols is 1. The van der Waals surface area contributed by atoms with E-state index < -0.39 is 35.4 Å². The predicted octanol–water partition coefficient (Wildman–Crippen LogP) is 9.60. The van der Waals surface area contributed by atoms with Gasteiger partial charge in [0.1, 0.15) is 40.7 Å². The van der Waals surface area contributed by atoms with Crippen molar-refractivity contribution < 1.29 is 38.4 Å². The quantitative estimate of drug-likeness (QED) is 0.0540. The first kappa shape index (κ1) is 59.5. The van der Waals surface area contributed by atoms with Gasteiger partial charge in [0.15, 0.2) is 5.82 Å². The van der Waals surface area contributed by atoms with E-state index in [9.17, 15) is 24.9 Å². The first-order chi connectivity index (χ1) is 41.3. The van der Waals surface area contributed by atoms with Gasteiger partial charge in [0.05, 0.1) is 51.5 Å². The van der Waals surface area contributed by atoms with Crippen molar-refractivity contribution in [3.63, 3.8) is 0 Å². The number of carbonyl (C=O) groups is 2. The highest BCUT2D eigenvalue weighted by Crippen LogP contribution is 2.52. The van der Waals surface area contributed by atoms with Gasteiger partial charge in [0, 0.05) is 74.5 Å². The van der Waals surface area contributed by atoms with Crippen molar-refractivity contribution in [1.29, 1.82) is 0 Å². The van der Waals surface area contributed by atoms with Gasteiger partial charge < -0.3 is 45.4 Å². The molecule has 1 aliphatic carbocycles. The number of amides is 2. The summed E-state index contributed by atoms with van der Waals surface area (Å²) in [5, 5.41) is 50.3. The normalized spacial score (nSPS) is 23.5. The average molecular weight is 1200 g/mol. The topological polar surface area (TPSA) is 220 Å². The van der Waals surface area contributed by atoms with E-state index in [1.807, 2.05) is 75.5 Å². The summed E-state index contributed by atoms with van der Waals surface area (Å²) >= 11 is 1.59. The molecule has 7 atom stereocenters. The van der Waals surface area contributed by atoms with Gasteiger partial charge in [-0.1, -0.05) is 56.3 Å². The largest absolute Gasteiger partial charge is 0.508 e. The third-order valence-electron chi connectivity index (χ3n) is 19.0. The molecule has 5 aliphatic rings. The number of β-amino-alcohol motifs (C(OH)–C–C–N with tert-alkyl or cyclic N) is 2. The van der Waals surface area contributed by atoms with Crippen LogP contribution in [0.25, 0.3) is 43.4 Å². The Hall–Kier alpha value is -6.78. The van der Waals surface area contributed by atoms with Gasteiger partial charge in [-0.15, -0.1) is 16.4 Å². The molecule has 7 aromatic rings. The number of piperidine rings is 3. The number of fused-ring (bicyclic) bond motifs is 2. The van der Waals surface area contributed by atoms with Crippen molar-refractivity contribution in [2.24, 2.45) is 17.3 Å². The van der Waals surface area contributed by atoms with Crippen molar-refractivity contribution in [3.8, 4) is 33.5 Å². The van der Waals surface area contributed by atoms with Crippen molar-refractivity contribution in [3.05, 3.63) is 101 Å². The number of nitrogens with zero attached hydrogens (tertiary/aromatic N) is 10. The van der Waals surface area contributed by atoms with Crippen LogP contribution in [0.15, 0.2) is 66.4 Å². The molecule has 18 nitrogen and oxygen atoms in total. The summed E-state index contributed by atoms with van der Waals surface area (Å²) in [6, 6.07) is 12.5. The molecule has 4 saturated heterocycles. The van der Waals surface area contributed by atoms with Crippen molar-refractivity contribution in [2.75, 3.05) is 57.3 Å². The molecule has 2 amide bonds. The van der Waals surface area contributed by atoms with Gasteiger partial charge in [0.25, 0.3) is 0 Å². The van der Waals surface area contributed by atoms with Crippen LogP contribution in [0.5, 0.6) is 11.8 Å². The van der Waals surface area contributed by atoms with Gasteiger partial charge in [0.2, 0.25) is 11.8 Å². The lowest BCUT2D eigenvalue weighted by Crippen LogP contribution is -2.49. The van der Waals surface area contributed by atoms with Crippen molar-refractivity contribution >= 4 is 50.6 Å². The van der Waals surface area contributed by atoms with Gasteiger partial charge >= 0.3 is 6.01 Å². The SMILES string of the molecule is CCc1c(F)ccc2cc(O)cc(-c3ncc4c(N5CCC[C@@](C)(O)C5)nc(OCC5(CC6CCN(CC7CCC(c8cn([C@H](C(=O)N9C[C@H](O)C[C@H]9C(=O)N[C@@H](C)c9ccc(-c%10scnc%10C)cc9)C(C)C)nn8)CN7)CC6)CC5)nc4c3F)c12. The summed E-state index contributed by atoms with van der Waals surface area (Å²) < 4.78 is 40.6. The fourth-order valence-corrected chi connectivity index (χ4v) is 14.9. The standard InChI is InChI=1S/C65H80F2N12O6S/c1-7-48-51(66)16-14-43-25-46(80)26-49(54(43)48)56-55(67)57-50(30-69-56)60(77-22-8-19-64(6,84)34-77)73-63(72-57)85-35-65(20-21-65)28-40-17-23-76(24-18-40)31-45-15-13-44(29-68-45)52-33-79(75-74-52)58(37(2)3)62(83)78-32-47(81)27-53(78)61(82)71-38(4)41-9-11-42(12-10-41)59-39(5)70-36-86-59/h9-12,14,16,25-26,30,33,36-38,40,44-45,47,53,58,68,80-81,84H,7-8,13,15,17-24,27-29,31-32,34-35H2,1-6H3,(H,71,82)/t38-,44?,45?,47+,53-,58-,64+/m0/s1. The Morgan fingerprint density at radius 3 is 2.48 bits per heavy atom. The van der Waals surface area contributed by atoms with Crippen LogP contribution in [0.3, 0.4) is 0 Å². The third kappa shape index (κ3) is 12.4. The van der Waals surface area contributed by atoms with Crippen molar-refractivity contribution in [1.82, 2.24) is 55.4 Å². The molecule has 5 fully saturated rings. The fraction of sp³-hybridized carbons (Fsp3) is 0.538. The Labute approximate surface area is 504 Å². The number of pyridine rings is 1. The highest BCUT2D eigenvalue weighted by molar-refractivity contribution is 7.13. The van der Waals surface area contributed by atoms with Gasteiger partial charge in [-0.05, 0) is 156 Å². The Morgan fingerprint density at radius 1 is 0.988 bits per heavy atom. The number of rotatable bonds is 18. The highest BCUT2D eigenvalue weighted by atomic mass is 32.1. The van der Waals surface area contributed by atoms with Gasteiger partial charge in [-0.25, -0.2) is 18.4 Å². The molecule has 2 unspecified atom stereocenters. The maximum atomic E-state index is 17.2. The van der Waals surface area contributed by atoms with E-state index >= 15 is 8.78 Å². The van der Waals surface area contributed by atoms with Crippen LogP contribution in [-0.4, -0.2) is 148 Å². The van der Waals surface area contributed by atoms with Crippen LogP contribution in [-0.2, 0) is 16.0 Å². The van der Waals surface area contributed by atoms with Gasteiger partial charge in [-0.2, -0.15) is 9.97 Å². The minimum absolute atomic E-state index is 0.00787. The summed E-state index contributed by atoms with van der Waals surface area (Å²) in [6.45, 7) is 16.5. The summed E-state index contributed by atoms with van der Waals surface area (Å²) in [5.74, 6) is -0.853. The molecule has 0 radical (unpaired) electrons. The number of aromatic nitrogens is 7. The Kier molecular flexibility index (Phi) is 16.9. The number of carbonyl (C=O) groups excluding carboxylic acids is 2. The lowest BCUT2D eigenvalue weighted by Gasteiger charge is -2.38. The number of hydrogen-bond donors (Lipinski definition) is 5. The second-order valence-electron chi connectivity index (χ2n) is 25.9. The number of phenolic OH excluding ortho intramolecular Hbond substituents is 1. The molecule has 21 heteroatoms. The number of aryl methyl sites for hydroxylation is 2. The summed E-state index contributed by atoms with van der Waals surface area (Å²) in [5.41, 5.74) is 5.26. The van der Waals surface area contributed by atoms with Gasteiger partial charge in [-0.3, -0.25) is 14.6 Å². The van der Waals surface area contributed by atoms with Crippen LogP contribution < -0.4 is 20.3 Å². The zero-order valence-corrected chi connectivity index (χ0v) is 50.9. The van der Waals surface area contributed by atoms with Crippen LogP contribution in [0.2, 0.25) is 0 Å². The molecule has 1 saturated carbocycles. The molecule has 8 heterocycles. The molecular weight excluding hydrogens is 1110 g/mol. The molecule has 86 heavy (non-hydrogen) atoms. The number of halogens is 2. The number of anilines is 1. The molecule has 0 spiro atoms. The maximum Gasteiger partial charge on any atom is 0.319 e. The molecule has 12 rings (SSSR count). The van der Waals surface area contributed by atoms with E-state index in [0.717, 1.165) is 98.5 Å². The fourth-order valence-electron chi connectivity index (χ4n) is 14.1. The Bertz CT molecular complexity index is 3620. The number of aliphatic hydroxyl groups excluding tert-OH is 1. The average Bonchev–Trinajstić information content (AvgIpc) is 1.28. The third-order valence-corrected chi connectivity index (χ3v) is 20.0. The molecule has 0 bridgehead atoms. The second-order valence-corrected chi connectivity index (χ2v) is 26.8. The number of benzene rings is 3. The summed E-state index contributed by atoms with van der Waals surface area (Å²) in [6.07, 6.45) is 11.6. The molecule has 4 aliphatic heterocycles. The summed E-state index contributed by atoms with van der Waals surface area (Å²) in [4.78, 5) is 54.1. The first-order valence-electron chi connectivity index (χ1n) is 30.9. The number of ether oxygens (including phenoxy) is 1. The van der Waals surface area contributed by atoms with E-state index in [-0.39, 0.29) is 83.2 Å². The number of thiazole rings is 1. The molecule has 4 aromatic heterocycles. The Morgan fingerprint density at radius 2 is 1.78 bits per heavy atom. The van der Waals surface area contributed by atoms with E-state index in [1.165, 1.54) is 23.2 Å². The number of aliphatic hydroxyl groups is 2. The lowest BCUT2D eigenvalue weighted by molar-refractivity contribution is -0.142. The number of aromatic hydroxyl groups is 1. The molecule has 5 N–H and O–H groups in total.